The topological polar surface area (TPSA) is 73.2 Å². The standard InChI is InChI=1S/C25H32N2O4/c1-3-24(29)27-14-11-18-15-19(9-10-21(18)27)22(28)16-26-13-6-12-25(30,17-26)20-7-4-5-8-23(20)31-2/h4-5,7-10,15,22,28,30H,3,6,11-14,16-17H2,1-2H3/t22-,25-/m1/s1. The molecule has 2 N–H and O–H groups in total. The molecule has 0 radical (unpaired) electrons. The Labute approximate surface area is 184 Å². The summed E-state index contributed by atoms with van der Waals surface area (Å²) >= 11 is 0. The van der Waals surface area contributed by atoms with Gasteiger partial charge in [-0.15, -0.1) is 0 Å². The second-order valence-electron chi connectivity index (χ2n) is 8.62. The fourth-order valence-corrected chi connectivity index (χ4v) is 4.96. The molecule has 1 fully saturated rings. The molecule has 0 bridgehead atoms. The number of ether oxygens (including phenoxy) is 1. The lowest BCUT2D eigenvalue weighted by molar-refractivity contribution is -0.118. The van der Waals surface area contributed by atoms with Crippen molar-refractivity contribution in [1.29, 1.82) is 0 Å². The van der Waals surface area contributed by atoms with Gasteiger partial charge in [0.05, 0.1) is 13.2 Å². The van der Waals surface area contributed by atoms with Gasteiger partial charge in [0.2, 0.25) is 5.91 Å². The Balaban J connectivity index is 1.47. The van der Waals surface area contributed by atoms with Crippen LogP contribution in [-0.4, -0.2) is 54.3 Å². The molecule has 0 aliphatic carbocycles. The summed E-state index contributed by atoms with van der Waals surface area (Å²) in [7, 11) is 1.62. The zero-order valence-electron chi connectivity index (χ0n) is 18.4. The second kappa shape index (κ2) is 8.99. The summed E-state index contributed by atoms with van der Waals surface area (Å²) in [5, 5.41) is 22.3. The first-order chi connectivity index (χ1) is 14.9. The van der Waals surface area contributed by atoms with Gasteiger partial charge >= 0.3 is 0 Å². The number of para-hydroxylation sites is 1. The Morgan fingerprint density at radius 2 is 2.03 bits per heavy atom. The molecular formula is C25H32N2O4. The van der Waals surface area contributed by atoms with Gasteiger partial charge < -0.3 is 19.8 Å². The second-order valence-corrected chi connectivity index (χ2v) is 8.62. The van der Waals surface area contributed by atoms with E-state index >= 15 is 0 Å². The minimum atomic E-state index is -0.997. The van der Waals surface area contributed by atoms with E-state index in [0.717, 1.165) is 41.8 Å². The minimum absolute atomic E-state index is 0.135. The molecule has 2 heterocycles. The van der Waals surface area contributed by atoms with E-state index < -0.39 is 11.7 Å². The smallest absolute Gasteiger partial charge is 0.226 e. The zero-order chi connectivity index (χ0) is 22.0. The molecule has 0 spiro atoms. The summed E-state index contributed by atoms with van der Waals surface area (Å²) in [6, 6.07) is 13.5. The Hall–Kier alpha value is -2.41. The molecule has 1 amide bonds. The van der Waals surface area contributed by atoms with Crippen molar-refractivity contribution in [2.24, 2.45) is 0 Å². The molecule has 6 nitrogen and oxygen atoms in total. The first kappa shape index (κ1) is 21.8. The number of aliphatic hydroxyl groups is 2. The predicted molar refractivity (Wildman–Crippen MR) is 120 cm³/mol. The van der Waals surface area contributed by atoms with Crippen LogP contribution in [0.4, 0.5) is 5.69 Å². The van der Waals surface area contributed by atoms with Gasteiger partial charge in [0, 0.05) is 37.3 Å². The molecule has 1 saturated heterocycles. The third kappa shape index (κ3) is 4.33. The van der Waals surface area contributed by atoms with Crippen LogP contribution in [-0.2, 0) is 16.8 Å². The molecule has 2 aromatic carbocycles. The third-order valence-corrected chi connectivity index (χ3v) is 6.58. The monoisotopic (exact) mass is 424 g/mol. The maximum absolute atomic E-state index is 12.1. The van der Waals surface area contributed by atoms with Gasteiger partial charge in [0.1, 0.15) is 11.4 Å². The van der Waals surface area contributed by atoms with Crippen molar-refractivity contribution in [3.8, 4) is 5.75 Å². The van der Waals surface area contributed by atoms with E-state index in [4.69, 9.17) is 4.74 Å². The lowest BCUT2D eigenvalue weighted by atomic mass is 9.85. The summed E-state index contributed by atoms with van der Waals surface area (Å²) in [5.41, 5.74) is 2.74. The number of anilines is 1. The largest absolute Gasteiger partial charge is 0.496 e. The highest BCUT2D eigenvalue weighted by Gasteiger charge is 2.37. The first-order valence-corrected chi connectivity index (χ1v) is 11.1. The molecule has 2 atom stereocenters. The number of hydrogen-bond acceptors (Lipinski definition) is 5. The highest BCUT2D eigenvalue weighted by Crippen LogP contribution is 2.37. The SMILES string of the molecule is CCC(=O)N1CCc2cc([C@H](O)CN3CCC[C@](O)(c4ccccc4OC)C3)ccc21. The van der Waals surface area contributed by atoms with Gasteiger partial charge in [-0.05, 0) is 49.1 Å². The number of hydrogen-bond donors (Lipinski definition) is 2. The number of piperidine rings is 1. The number of aliphatic hydroxyl groups excluding tert-OH is 1. The number of amides is 1. The number of methoxy groups -OCH3 is 1. The van der Waals surface area contributed by atoms with E-state index in [-0.39, 0.29) is 5.91 Å². The average molecular weight is 425 g/mol. The van der Waals surface area contributed by atoms with Gasteiger partial charge in [-0.1, -0.05) is 37.3 Å². The lowest BCUT2D eigenvalue weighted by Gasteiger charge is -2.40. The van der Waals surface area contributed by atoms with Crippen molar-refractivity contribution in [2.75, 3.05) is 38.2 Å². The summed E-state index contributed by atoms with van der Waals surface area (Å²) in [6.07, 6.45) is 2.17. The van der Waals surface area contributed by atoms with Crippen molar-refractivity contribution in [3.05, 3.63) is 59.2 Å². The van der Waals surface area contributed by atoms with Crippen LogP contribution in [0, 0.1) is 0 Å². The molecule has 166 valence electrons. The molecular weight excluding hydrogens is 392 g/mol. The Bertz CT molecular complexity index is 947. The van der Waals surface area contributed by atoms with E-state index in [1.165, 1.54) is 0 Å². The average Bonchev–Trinajstić information content (AvgIpc) is 3.22. The normalized spacial score (nSPS) is 22.3. The Kier molecular flexibility index (Phi) is 6.32. The quantitative estimate of drug-likeness (QED) is 0.746. The molecule has 2 aliphatic rings. The fraction of sp³-hybridized carbons (Fsp3) is 0.480. The van der Waals surface area contributed by atoms with Crippen molar-refractivity contribution in [1.82, 2.24) is 4.90 Å². The number of likely N-dealkylation sites (tertiary alicyclic amines) is 1. The van der Waals surface area contributed by atoms with Crippen molar-refractivity contribution in [3.63, 3.8) is 0 Å². The van der Waals surface area contributed by atoms with Crippen LogP contribution >= 0.6 is 0 Å². The number of rotatable bonds is 6. The van der Waals surface area contributed by atoms with E-state index in [1.54, 1.807) is 7.11 Å². The van der Waals surface area contributed by atoms with Gasteiger partial charge in [0.15, 0.2) is 0 Å². The fourth-order valence-electron chi connectivity index (χ4n) is 4.96. The van der Waals surface area contributed by atoms with Crippen LogP contribution in [0.3, 0.4) is 0 Å². The van der Waals surface area contributed by atoms with Gasteiger partial charge in [0.25, 0.3) is 0 Å². The molecule has 0 unspecified atom stereocenters. The Morgan fingerprint density at radius 3 is 2.81 bits per heavy atom. The van der Waals surface area contributed by atoms with Crippen molar-refractivity contribution in [2.45, 2.75) is 44.3 Å². The van der Waals surface area contributed by atoms with Gasteiger partial charge in [-0.3, -0.25) is 9.69 Å². The molecule has 31 heavy (non-hydrogen) atoms. The Morgan fingerprint density at radius 1 is 1.23 bits per heavy atom. The molecule has 0 saturated carbocycles. The van der Waals surface area contributed by atoms with E-state index in [9.17, 15) is 15.0 Å². The molecule has 4 rings (SSSR count). The van der Waals surface area contributed by atoms with E-state index in [1.807, 2.05) is 54.3 Å². The molecule has 6 heteroatoms. The maximum atomic E-state index is 12.1. The number of β-amino-alcohol motifs (C(OH)–C–C–N with tert-alkyl or cyclic N) is 2. The highest BCUT2D eigenvalue weighted by atomic mass is 16.5. The predicted octanol–water partition coefficient (Wildman–Crippen LogP) is 3.01. The number of fused-ring (bicyclic) bond motifs is 1. The van der Waals surface area contributed by atoms with Crippen molar-refractivity contribution < 1.29 is 19.7 Å². The van der Waals surface area contributed by atoms with Crippen LogP contribution in [0.2, 0.25) is 0 Å². The number of carbonyl (C=O) groups is 1. The van der Waals surface area contributed by atoms with Crippen molar-refractivity contribution >= 4 is 11.6 Å². The molecule has 2 aliphatic heterocycles. The summed E-state index contributed by atoms with van der Waals surface area (Å²) in [4.78, 5) is 16.1. The lowest BCUT2D eigenvalue weighted by Crippen LogP contribution is -2.47. The van der Waals surface area contributed by atoms with Crippen LogP contribution in [0.15, 0.2) is 42.5 Å². The van der Waals surface area contributed by atoms with Gasteiger partial charge in [-0.25, -0.2) is 0 Å². The third-order valence-electron chi connectivity index (χ3n) is 6.58. The van der Waals surface area contributed by atoms with E-state index in [2.05, 4.69) is 4.90 Å². The zero-order valence-corrected chi connectivity index (χ0v) is 18.4. The van der Waals surface area contributed by atoms with Gasteiger partial charge in [-0.2, -0.15) is 0 Å². The number of nitrogens with zero attached hydrogens (tertiary/aromatic N) is 2. The van der Waals surface area contributed by atoms with E-state index in [0.29, 0.717) is 38.2 Å². The summed E-state index contributed by atoms with van der Waals surface area (Å²) in [5.74, 6) is 0.827. The highest BCUT2D eigenvalue weighted by molar-refractivity contribution is 5.95. The maximum Gasteiger partial charge on any atom is 0.226 e. The van der Waals surface area contributed by atoms with Crippen LogP contribution in [0.1, 0.15) is 49.0 Å². The minimum Gasteiger partial charge on any atom is -0.496 e. The van der Waals surface area contributed by atoms with Crippen LogP contribution < -0.4 is 9.64 Å². The first-order valence-electron chi connectivity index (χ1n) is 11.1. The number of carbonyl (C=O) groups excluding carboxylic acids is 1. The molecule has 0 aromatic heterocycles. The molecule has 2 aromatic rings. The van der Waals surface area contributed by atoms with Crippen LogP contribution in [0.5, 0.6) is 5.75 Å². The van der Waals surface area contributed by atoms with Crippen LogP contribution in [0.25, 0.3) is 0 Å². The summed E-state index contributed by atoms with van der Waals surface area (Å²) < 4.78 is 5.47. The summed E-state index contributed by atoms with van der Waals surface area (Å²) in [6.45, 7) is 4.32. The number of benzene rings is 2.